The molecule has 4 rings (SSSR count). The van der Waals surface area contributed by atoms with Crippen LogP contribution in [0.15, 0.2) is 12.1 Å². The molecule has 3 unspecified atom stereocenters. The third-order valence-corrected chi connectivity index (χ3v) is 10.7. The van der Waals surface area contributed by atoms with Gasteiger partial charge in [0.1, 0.15) is 0 Å². The third kappa shape index (κ3) is 7.81. The number of anilines is 1. The van der Waals surface area contributed by atoms with E-state index in [1.807, 2.05) is 17.9 Å². The van der Waals surface area contributed by atoms with Crippen LogP contribution in [0.25, 0.3) is 0 Å². The van der Waals surface area contributed by atoms with Crippen LogP contribution in [0, 0.1) is 30.6 Å². The minimum absolute atomic E-state index is 0.0649. The maximum atomic E-state index is 13.5. The Morgan fingerprint density at radius 1 is 1.10 bits per heavy atom. The highest BCUT2D eigenvalue weighted by atomic mass is 35.5. The summed E-state index contributed by atoms with van der Waals surface area (Å²) in [4.78, 5) is 42.9. The maximum absolute atomic E-state index is 13.5. The Balaban J connectivity index is 1.39. The predicted molar refractivity (Wildman–Crippen MR) is 171 cm³/mol. The predicted octanol–water partition coefficient (Wildman–Crippen LogP) is 6.35. The summed E-state index contributed by atoms with van der Waals surface area (Å²) in [6.45, 7) is 13.7. The highest BCUT2D eigenvalue weighted by Crippen LogP contribution is 2.39. The fourth-order valence-electron chi connectivity index (χ4n) is 7.82. The molecule has 234 valence electrons. The third-order valence-electron chi connectivity index (χ3n) is 10.5. The molecule has 2 aliphatic heterocycles. The Hall–Kier alpha value is -2.28. The van der Waals surface area contributed by atoms with Gasteiger partial charge in [-0.2, -0.15) is 0 Å². The van der Waals surface area contributed by atoms with Gasteiger partial charge in [0.15, 0.2) is 0 Å². The Morgan fingerprint density at radius 2 is 1.74 bits per heavy atom. The first kappa shape index (κ1) is 32.6. The van der Waals surface area contributed by atoms with Gasteiger partial charge in [-0.05, 0) is 88.3 Å². The maximum Gasteiger partial charge on any atom is 0.251 e. The first-order valence-electron chi connectivity index (χ1n) is 16.4. The van der Waals surface area contributed by atoms with E-state index in [9.17, 15) is 14.4 Å². The molecule has 3 aliphatic rings. The molecule has 42 heavy (non-hydrogen) atoms. The molecule has 3 atom stereocenters. The van der Waals surface area contributed by atoms with Crippen molar-refractivity contribution in [3.05, 3.63) is 28.3 Å². The monoisotopic (exact) mass is 600 g/mol. The molecule has 1 aromatic rings. The van der Waals surface area contributed by atoms with E-state index < -0.39 is 0 Å². The van der Waals surface area contributed by atoms with Gasteiger partial charge in [-0.1, -0.05) is 50.6 Å². The minimum Gasteiger partial charge on any atom is -0.371 e. The SMILES string of the molecule is CCN(CC1CCN(C(C)=O)CC1)c1cc(Cl)cc(C(=O)NCC2C(=O)NC(C)(C3CCCCCCC3)CC2C)c1C. The number of hydrogen-bond donors (Lipinski definition) is 2. The zero-order valence-electron chi connectivity index (χ0n) is 26.6. The van der Waals surface area contributed by atoms with E-state index >= 15 is 0 Å². The molecule has 2 saturated heterocycles. The van der Waals surface area contributed by atoms with Crippen LogP contribution in [0.3, 0.4) is 0 Å². The van der Waals surface area contributed by atoms with E-state index in [-0.39, 0.29) is 35.1 Å². The van der Waals surface area contributed by atoms with Crippen LogP contribution >= 0.6 is 11.6 Å². The number of nitrogens with zero attached hydrogens (tertiary/aromatic N) is 2. The first-order valence-corrected chi connectivity index (χ1v) is 16.8. The number of carbonyl (C=O) groups excluding carboxylic acids is 3. The van der Waals surface area contributed by atoms with Gasteiger partial charge in [-0.3, -0.25) is 14.4 Å². The molecule has 3 amide bonds. The van der Waals surface area contributed by atoms with Crippen molar-refractivity contribution in [3.8, 4) is 0 Å². The molecule has 0 bridgehead atoms. The molecular weight excluding hydrogens is 548 g/mol. The van der Waals surface area contributed by atoms with Gasteiger partial charge >= 0.3 is 0 Å². The number of hydrogen-bond acceptors (Lipinski definition) is 4. The van der Waals surface area contributed by atoms with E-state index in [0.29, 0.717) is 29.0 Å². The number of benzene rings is 1. The molecular formula is C34H53ClN4O3. The largest absolute Gasteiger partial charge is 0.371 e. The lowest BCUT2D eigenvalue weighted by Gasteiger charge is -2.47. The summed E-state index contributed by atoms with van der Waals surface area (Å²) in [5.41, 5.74) is 2.27. The van der Waals surface area contributed by atoms with Gasteiger partial charge in [0.05, 0.1) is 5.92 Å². The van der Waals surface area contributed by atoms with E-state index in [4.69, 9.17) is 11.6 Å². The van der Waals surface area contributed by atoms with E-state index in [0.717, 1.165) is 56.7 Å². The Kier molecular flexibility index (Phi) is 11.2. The van der Waals surface area contributed by atoms with Crippen LogP contribution in [0.4, 0.5) is 5.69 Å². The smallest absolute Gasteiger partial charge is 0.251 e. The van der Waals surface area contributed by atoms with Gasteiger partial charge in [0.25, 0.3) is 5.91 Å². The summed E-state index contributed by atoms with van der Waals surface area (Å²) in [6.07, 6.45) is 11.7. The minimum atomic E-state index is -0.248. The van der Waals surface area contributed by atoms with Crippen LogP contribution in [-0.2, 0) is 9.59 Å². The highest BCUT2D eigenvalue weighted by molar-refractivity contribution is 6.31. The van der Waals surface area contributed by atoms with Crippen molar-refractivity contribution in [2.24, 2.45) is 23.7 Å². The highest BCUT2D eigenvalue weighted by Gasteiger charge is 2.44. The molecule has 1 aliphatic carbocycles. The second-order valence-corrected chi connectivity index (χ2v) is 14.0. The van der Waals surface area contributed by atoms with E-state index in [1.165, 1.54) is 44.9 Å². The lowest BCUT2D eigenvalue weighted by Crippen LogP contribution is -2.60. The fraction of sp³-hybridized carbons (Fsp3) is 0.735. The van der Waals surface area contributed by atoms with Gasteiger partial charge in [-0.25, -0.2) is 0 Å². The van der Waals surface area contributed by atoms with Crippen LogP contribution < -0.4 is 15.5 Å². The summed E-state index contributed by atoms with van der Waals surface area (Å²) in [5, 5.41) is 7.04. The number of piperidine rings is 2. The van der Waals surface area contributed by atoms with Crippen LogP contribution in [0.1, 0.15) is 108 Å². The Morgan fingerprint density at radius 3 is 2.33 bits per heavy atom. The van der Waals surface area contributed by atoms with Crippen molar-refractivity contribution < 1.29 is 14.4 Å². The molecule has 7 nitrogen and oxygen atoms in total. The average Bonchev–Trinajstić information content (AvgIpc) is 2.92. The zero-order chi connectivity index (χ0) is 30.4. The summed E-state index contributed by atoms with van der Waals surface area (Å²) in [5.74, 6) is 0.973. The molecule has 3 fully saturated rings. The molecule has 1 saturated carbocycles. The first-order chi connectivity index (χ1) is 20.0. The molecule has 8 heteroatoms. The number of nitrogens with one attached hydrogen (secondary N) is 2. The second kappa shape index (κ2) is 14.5. The van der Waals surface area contributed by atoms with Crippen molar-refractivity contribution in [1.82, 2.24) is 15.5 Å². The molecule has 0 spiro atoms. The number of likely N-dealkylation sites (tertiary alicyclic amines) is 1. The quantitative estimate of drug-likeness (QED) is 0.364. The summed E-state index contributed by atoms with van der Waals surface area (Å²) < 4.78 is 0. The second-order valence-electron chi connectivity index (χ2n) is 13.5. The zero-order valence-corrected chi connectivity index (χ0v) is 27.3. The van der Waals surface area contributed by atoms with E-state index in [1.54, 1.807) is 13.0 Å². The standard InChI is InChI=1S/C34H53ClN4O3/c1-6-38(22-26-14-16-39(17-15-26)25(4)40)31-19-28(35)18-29(24(31)3)32(41)36-21-30-23(2)20-34(5,37-33(30)42)27-12-10-8-7-9-11-13-27/h18-19,23,26-27,30H,6-17,20-22H2,1-5H3,(H,36,41)(H,37,42). The molecule has 0 aromatic heterocycles. The molecule has 0 radical (unpaired) electrons. The lowest BCUT2D eigenvalue weighted by molar-refractivity contribution is -0.133. The van der Waals surface area contributed by atoms with Crippen molar-refractivity contribution in [2.75, 3.05) is 37.6 Å². The number of halogens is 1. The number of carbonyl (C=O) groups is 3. The summed E-state index contributed by atoms with van der Waals surface area (Å²) in [7, 11) is 0. The number of amides is 3. The van der Waals surface area contributed by atoms with Crippen molar-refractivity contribution >= 4 is 35.0 Å². The number of rotatable bonds is 8. The Bertz CT molecular complexity index is 1110. The van der Waals surface area contributed by atoms with Gasteiger partial charge in [-0.15, -0.1) is 0 Å². The van der Waals surface area contributed by atoms with Gasteiger partial charge in [0.2, 0.25) is 11.8 Å². The molecule has 2 N–H and O–H groups in total. The van der Waals surface area contributed by atoms with Gasteiger partial charge < -0.3 is 20.4 Å². The fourth-order valence-corrected chi connectivity index (χ4v) is 8.03. The average molecular weight is 601 g/mol. The van der Waals surface area contributed by atoms with Crippen LogP contribution in [-0.4, -0.2) is 60.9 Å². The van der Waals surface area contributed by atoms with Crippen LogP contribution in [0.2, 0.25) is 5.02 Å². The van der Waals surface area contributed by atoms with E-state index in [2.05, 4.69) is 36.3 Å². The molecule has 2 heterocycles. The Labute approximate surface area is 258 Å². The summed E-state index contributed by atoms with van der Waals surface area (Å²) in [6, 6.07) is 3.69. The summed E-state index contributed by atoms with van der Waals surface area (Å²) >= 11 is 6.57. The van der Waals surface area contributed by atoms with Crippen molar-refractivity contribution in [1.29, 1.82) is 0 Å². The van der Waals surface area contributed by atoms with Crippen molar-refractivity contribution in [3.63, 3.8) is 0 Å². The topological polar surface area (TPSA) is 81.8 Å². The lowest BCUT2D eigenvalue weighted by atomic mass is 9.68. The van der Waals surface area contributed by atoms with Crippen molar-refractivity contribution in [2.45, 2.75) is 104 Å². The van der Waals surface area contributed by atoms with Gasteiger partial charge in [0, 0.05) is 61.5 Å². The normalized spacial score (nSPS) is 26.2. The van der Waals surface area contributed by atoms with Crippen LogP contribution in [0.5, 0.6) is 0 Å². The molecule has 1 aromatic carbocycles.